The van der Waals surface area contributed by atoms with Crippen molar-refractivity contribution in [2.45, 2.75) is 19.4 Å². The third-order valence-corrected chi connectivity index (χ3v) is 2.72. The highest BCUT2D eigenvalue weighted by Gasteiger charge is 2.23. The Bertz CT molecular complexity index is 336. The van der Waals surface area contributed by atoms with E-state index >= 15 is 0 Å². The normalized spacial score (nSPS) is 22.3. The van der Waals surface area contributed by atoms with Gasteiger partial charge in [-0.25, -0.2) is 9.97 Å². The second-order valence-corrected chi connectivity index (χ2v) is 3.79. The molecule has 5 N–H and O–H groups in total. The van der Waals surface area contributed by atoms with Crippen molar-refractivity contribution in [1.29, 1.82) is 0 Å². The van der Waals surface area contributed by atoms with Gasteiger partial charge in [-0.3, -0.25) is 0 Å². The van der Waals surface area contributed by atoms with E-state index in [0.29, 0.717) is 11.7 Å². The molecule has 0 aromatic carbocycles. The van der Waals surface area contributed by atoms with Crippen LogP contribution < -0.4 is 16.8 Å². The van der Waals surface area contributed by atoms with Gasteiger partial charge >= 0.3 is 0 Å². The summed E-state index contributed by atoms with van der Waals surface area (Å²) in [5.41, 5.74) is 12.6. The quantitative estimate of drug-likeness (QED) is 0.583. The molecule has 5 nitrogen and oxygen atoms in total. The first kappa shape index (κ1) is 9.21. The number of rotatable bonds is 1. The van der Waals surface area contributed by atoms with E-state index < -0.39 is 0 Å². The first-order valence-electron chi connectivity index (χ1n) is 4.77. The van der Waals surface area contributed by atoms with Gasteiger partial charge in [-0.1, -0.05) is 0 Å². The van der Waals surface area contributed by atoms with Crippen molar-refractivity contribution in [1.82, 2.24) is 9.97 Å². The highest BCUT2D eigenvalue weighted by molar-refractivity contribution is 5.56. The lowest BCUT2D eigenvalue weighted by Crippen LogP contribution is -2.37. The van der Waals surface area contributed by atoms with Crippen LogP contribution in [0.15, 0.2) is 6.33 Å². The van der Waals surface area contributed by atoms with Gasteiger partial charge in [-0.05, 0) is 19.3 Å². The number of aromatic nitrogens is 2. The molecule has 0 spiro atoms. The highest BCUT2D eigenvalue weighted by Crippen LogP contribution is 2.26. The van der Waals surface area contributed by atoms with Crippen LogP contribution in [0, 0.1) is 5.92 Å². The molecule has 0 radical (unpaired) electrons. The van der Waals surface area contributed by atoms with E-state index in [4.69, 9.17) is 11.5 Å². The summed E-state index contributed by atoms with van der Waals surface area (Å²) in [5, 5.41) is 3.22. The fourth-order valence-corrected chi connectivity index (χ4v) is 1.71. The summed E-state index contributed by atoms with van der Waals surface area (Å²) in [5.74, 6) is 1.83. The van der Waals surface area contributed by atoms with Crippen LogP contribution in [0.1, 0.15) is 12.5 Å². The van der Waals surface area contributed by atoms with Crippen molar-refractivity contribution in [2.75, 3.05) is 17.6 Å². The largest absolute Gasteiger partial charge is 0.383 e. The molecule has 5 heteroatoms. The van der Waals surface area contributed by atoms with Crippen LogP contribution in [-0.2, 0) is 6.42 Å². The average molecular weight is 193 g/mol. The second-order valence-electron chi connectivity index (χ2n) is 3.79. The topological polar surface area (TPSA) is 89.8 Å². The number of anilines is 2. The Balaban J connectivity index is 2.29. The van der Waals surface area contributed by atoms with E-state index in [1.165, 1.54) is 6.33 Å². The lowest BCUT2D eigenvalue weighted by molar-refractivity contribution is 0.451. The van der Waals surface area contributed by atoms with Gasteiger partial charge in [-0.2, -0.15) is 0 Å². The van der Waals surface area contributed by atoms with Gasteiger partial charge in [0.1, 0.15) is 18.0 Å². The maximum atomic E-state index is 5.85. The second kappa shape index (κ2) is 3.42. The van der Waals surface area contributed by atoms with Crippen molar-refractivity contribution in [3.05, 3.63) is 11.9 Å². The molecule has 2 rings (SSSR count). The molecule has 1 aliphatic heterocycles. The van der Waals surface area contributed by atoms with E-state index in [0.717, 1.165) is 24.3 Å². The summed E-state index contributed by atoms with van der Waals surface area (Å²) in [6.45, 7) is 2.87. The molecule has 0 aliphatic carbocycles. The lowest BCUT2D eigenvalue weighted by atomic mass is 9.91. The minimum Gasteiger partial charge on any atom is -0.383 e. The summed E-state index contributed by atoms with van der Waals surface area (Å²) >= 11 is 0. The van der Waals surface area contributed by atoms with E-state index in [9.17, 15) is 0 Å². The first-order chi connectivity index (χ1) is 6.68. The standard InChI is InChI=1S/C9H15N5/c1-5(10)6-2-7-8(11)13-4-14-9(7)12-3-6/h4-6H,2-3,10H2,1H3,(H3,11,12,13,14). The van der Waals surface area contributed by atoms with Crippen LogP contribution in [0.4, 0.5) is 11.6 Å². The molecule has 2 heterocycles. The van der Waals surface area contributed by atoms with Gasteiger partial charge in [0.05, 0.1) is 0 Å². The third-order valence-electron chi connectivity index (χ3n) is 2.72. The zero-order valence-electron chi connectivity index (χ0n) is 8.20. The Morgan fingerprint density at radius 1 is 1.57 bits per heavy atom. The lowest BCUT2D eigenvalue weighted by Gasteiger charge is -2.28. The zero-order chi connectivity index (χ0) is 10.1. The summed E-state index contributed by atoms with van der Waals surface area (Å²) in [7, 11) is 0. The van der Waals surface area contributed by atoms with Crippen molar-refractivity contribution in [2.24, 2.45) is 11.7 Å². The molecule has 0 amide bonds. The van der Waals surface area contributed by atoms with Crippen LogP contribution in [0.5, 0.6) is 0 Å². The van der Waals surface area contributed by atoms with Gasteiger partial charge in [0.25, 0.3) is 0 Å². The number of hydrogen-bond acceptors (Lipinski definition) is 5. The molecule has 0 bridgehead atoms. The number of hydrogen-bond donors (Lipinski definition) is 3. The fourth-order valence-electron chi connectivity index (χ4n) is 1.71. The van der Waals surface area contributed by atoms with E-state index in [2.05, 4.69) is 15.3 Å². The Kier molecular flexibility index (Phi) is 2.25. The Morgan fingerprint density at radius 3 is 3.07 bits per heavy atom. The minimum atomic E-state index is 0.162. The molecule has 0 fully saturated rings. The monoisotopic (exact) mass is 193 g/mol. The summed E-state index contributed by atoms with van der Waals surface area (Å²) in [6, 6.07) is 0.162. The number of nitrogens with two attached hydrogens (primary N) is 2. The Hall–Kier alpha value is -1.36. The molecular formula is C9H15N5. The summed E-state index contributed by atoms with van der Waals surface area (Å²) < 4.78 is 0. The molecule has 1 aromatic rings. The van der Waals surface area contributed by atoms with Crippen molar-refractivity contribution < 1.29 is 0 Å². The molecule has 2 atom stereocenters. The molecule has 14 heavy (non-hydrogen) atoms. The summed E-state index contributed by atoms with van der Waals surface area (Å²) in [6.07, 6.45) is 2.35. The molecule has 0 saturated heterocycles. The molecule has 1 aromatic heterocycles. The van der Waals surface area contributed by atoms with Crippen molar-refractivity contribution in [3.63, 3.8) is 0 Å². The van der Waals surface area contributed by atoms with Crippen LogP contribution in [-0.4, -0.2) is 22.6 Å². The third kappa shape index (κ3) is 1.50. The SMILES string of the molecule is CC(N)C1CNc2ncnc(N)c2C1. The van der Waals surface area contributed by atoms with Gasteiger partial charge in [-0.15, -0.1) is 0 Å². The number of fused-ring (bicyclic) bond motifs is 1. The Morgan fingerprint density at radius 2 is 2.36 bits per heavy atom. The maximum absolute atomic E-state index is 5.85. The zero-order valence-corrected chi connectivity index (χ0v) is 8.20. The van der Waals surface area contributed by atoms with Gasteiger partial charge in [0, 0.05) is 18.2 Å². The van der Waals surface area contributed by atoms with Gasteiger partial charge in [0.15, 0.2) is 0 Å². The van der Waals surface area contributed by atoms with Gasteiger partial charge < -0.3 is 16.8 Å². The predicted molar refractivity (Wildman–Crippen MR) is 55.8 cm³/mol. The molecule has 1 aliphatic rings. The van der Waals surface area contributed by atoms with Crippen LogP contribution in [0.25, 0.3) is 0 Å². The van der Waals surface area contributed by atoms with Crippen LogP contribution >= 0.6 is 0 Å². The minimum absolute atomic E-state index is 0.162. The van der Waals surface area contributed by atoms with Gasteiger partial charge in [0.2, 0.25) is 0 Å². The van der Waals surface area contributed by atoms with Crippen molar-refractivity contribution >= 4 is 11.6 Å². The van der Waals surface area contributed by atoms with E-state index in [-0.39, 0.29) is 6.04 Å². The predicted octanol–water partition coefficient (Wildman–Crippen LogP) is -0.00980. The van der Waals surface area contributed by atoms with Crippen LogP contribution in [0.3, 0.4) is 0 Å². The van der Waals surface area contributed by atoms with Crippen LogP contribution in [0.2, 0.25) is 0 Å². The maximum Gasteiger partial charge on any atom is 0.134 e. The van der Waals surface area contributed by atoms with Crippen molar-refractivity contribution in [3.8, 4) is 0 Å². The smallest absolute Gasteiger partial charge is 0.134 e. The number of nitrogen functional groups attached to an aromatic ring is 1. The van der Waals surface area contributed by atoms with E-state index in [1.54, 1.807) is 0 Å². The summed E-state index contributed by atoms with van der Waals surface area (Å²) in [4.78, 5) is 8.10. The molecule has 76 valence electrons. The number of nitrogens with one attached hydrogen (secondary N) is 1. The fraction of sp³-hybridized carbons (Fsp3) is 0.556. The van der Waals surface area contributed by atoms with E-state index in [1.807, 2.05) is 6.92 Å². The molecule has 2 unspecified atom stereocenters. The first-order valence-corrected chi connectivity index (χ1v) is 4.77. The average Bonchev–Trinajstić information content (AvgIpc) is 2.18. The number of nitrogens with zero attached hydrogens (tertiary/aromatic N) is 2. The molecule has 0 saturated carbocycles. The molecular weight excluding hydrogens is 178 g/mol. The highest BCUT2D eigenvalue weighted by atomic mass is 15.1. The Labute approximate surface area is 82.9 Å².